The minimum Gasteiger partial charge on any atom is -0.310 e. The zero-order valence-corrected chi connectivity index (χ0v) is 35.1. The fraction of sp³-hybridized carbons (Fsp3) is 0. The summed E-state index contributed by atoms with van der Waals surface area (Å²) in [5.41, 5.74) is 16.2. The number of anilines is 3. The Hall–Kier alpha value is -8.46. The van der Waals surface area contributed by atoms with E-state index in [1.807, 2.05) is 0 Å². The van der Waals surface area contributed by atoms with E-state index in [1.54, 1.807) is 0 Å². The molecule has 0 spiro atoms. The first-order valence-electron chi connectivity index (χ1n) is 22.0. The third-order valence-corrected chi connectivity index (χ3v) is 12.7. The first-order chi connectivity index (χ1) is 31.7. The van der Waals surface area contributed by atoms with Crippen LogP contribution < -0.4 is 4.90 Å². The summed E-state index contributed by atoms with van der Waals surface area (Å²) in [5.74, 6) is 0. The fourth-order valence-corrected chi connectivity index (χ4v) is 9.78. The van der Waals surface area contributed by atoms with Gasteiger partial charge in [0.2, 0.25) is 0 Å². The van der Waals surface area contributed by atoms with Gasteiger partial charge in [-0.25, -0.2) is 0 Å². The Morgan fingerprint density at radius 3 is 1.58 bits per heavy atom. The lowest BCUT2D eigenvalue weighted by atomic mass is 9.94. The molecule has 12 rings (SSSR count). The monoisotopic (exact) mass is 814 g/mol. The third kappa shape index (κ3) is 6.52. The lowest BCUT2D eigenvalue weighted by Crippen LogP contribution is -2.11. The second-order valence-corrected chi connectivity index (χ2v) is 16.5. The van der Waals surface area contributed by atoms with Crippen molar-refractivity contribution in [3.8, 4) is 50.2 Å². The van der Waals surface area contributed by atoms with Gasteiger partial charge in [0.15, 0.2) is 0 Å². The van der Waals surface area contributed by atoms with Gasteiger partial charge in [-0.3, -0.25) is 0 Å². The van der Waals surface area contributed by atoms with Crippen molar-refractivity contribution in [3.63, 3.8) is 0 Å². The minimum absolute atomic E-state index is 1.09. The number of nitrogens with zero attached hydrogens (tertiary/aromatic N) is 2. The fourth-order valence-electron chi connectivity index (χ4n) is 9.78. The van der Waals surface area contributed by atoms with Gasteiger partial charge in [-0.2, -0.15) is 0 Å². The summed E-state index contributed by atoms with van der Waals surface area (Å²) in [5, 5.41) is 7.44. The number of hydrogen-bond acceptors (Lipinski definition) is 1. The van der Waals surface area contributed by atoms with E-state index in [2.05, 4.69) is 264 Å². The molecule has 0 saturated heterocycles. The molecule has 0 aliphatic rings. The summed E-state index contributed by atoms with van der Waals surface area (Å²) in [4.78, 5) is 2.46. The third-order valence-electron chi connectivity index (χ3n) is 12.7. The van der Waals surface area contributed by atoms with Crippen molar-refractivity contribution in [1.82, 2.24) is 4.57 Å². The van der Waals surface area contributed by atoms with Crippen molar-refractivity contribution in [1.29, 1.82) is 0 Å². The highest BCUT2D eigenvalue weighted by atomic mass is 15.1. The molecule has 0 aliphatic heterocycles. The number of benzene rings is 11. The molecule has 0 unspecified atom stereocenters. The van der Waals surface area contributed by atoms with E-state index in [1.165, 1.54) is 65.6 Å². The van der Waals surface area contributed by atoms with Crippen LogP contribution in [0.15, 0.2) is 255 Å². The quantitative estimate of drug-likeness (QED) is 0.139. The Morgan fingerprint density at radius 1 is 0.281 bits per heavy atom. The molecule has 1 heterocycles. The molecule has 300 valence electrons. The lowest BCUT2D eigenvalue weighted by molar-refractivity contribution is 1.18. The molecule has 2 heteroatoms. The molecule has 1 aromatic heterocycles. The van der Waals surface area contributed by atoms with Crippen molar-refractivity contribution >= 4 is 60.4 Å². The van der Waals surface area contributed by atoms with Gasteiger partial charge >= 0.3 is 0 Å². The Kier molecular flexibility index (Phi) is 9.20. The number of para-hydroxylation sites is 3. The molecular weight excluding hydrogens is 773 g/mol. The van der Waals surface area contributed by atoms with E-state index >= 15 is 0 Å². The molecule has 0 bridgehead atoms. The van der Waals surface area contributed by atoms with Crippen LogP contribution in [0.3, 0.4) is 0 Å². The molecular formula is C62H42N2. The van der Waals surface area contributed by atoms with Crippen LogP contribution in [0.2, 0.25) is 0 Å². The van der Waals surface area contributed by atoms with Crippen molar-refractivity contribution in [2.75, 3.05) is 4.90 Å². The Morgan fingerprint density at radius 2 is 0.812 bits per heavy atom. The van der Waals surface area contributed by atoms with Gasteiger partial charge in [0.25, 0.3) is 0 Å². The maximum absolute atomic E-state index is 2.46. The molecule has 64 heavy (non-hydrogen) atoms. The molecule has 2 nitrogen and oxygen atoms in total. The average molecular weight is 815 g/mol. The topological polar surface area (TPSA) is 8.17 Å². The molecule has 0 atom stereocenters. The van der Waals surface area contributed by atoms with Crippen LogP contribution in [0.25, 0.3) is 93.5 Å². The maximum atomic E-state index is 2.46. The van der Waals surface area contributed by atoms with Crippen molar-refractivity contribution in [3.05, 3.63) is 255 Å². The molecule has 0 aliphatic carbocycles. The van der Waals surface area contributed by atoms with Gasteiger partial charge in [-0.1, -0.05) is 188 Å². The summed E-state index contributed by atoms with van der Waals surface area (Å²) >= 11 is 0. The van der Waals surface area contributed by atoms with E-state index in [0.29, 0.717) is 0 Å². The highest BCUT2D eigenvalue weighted by molar-refractivity contribution is 6.16. The first-order valence-corrected chi connectivity index (χ1v) is 22.0. The van der Waals surface area contributed by atoms with Crippen LogP contribution in [-0.2, 0) is 0 Å². The van der Waals surface area contributed by atoms with Gasteiger partial charge < -0.3 is 9.47 Å². The molecule has 12 aromatic rings. The predicted molar refractivity (Wildman–Crippen MR) is 272 cm³/mol. The maximum Gasteiger partial charge on any atom is 0.0547 e. The smallest absolute Gasteiger partial charge is 0.0547 e. The molecule has 0 fully saturated rings. The standard InChI is InChI=1S/C62H42N2/c1-4-18-43(19-5-1)49-39-50(44-20-6-2-7-21-44)42-53(41-49)63(52-36-37-55-48(40-52)35-34-45-22-10-11-27-54(45)55)59-31-14-12-28-56(59)46-23-16-24-47(38-46)57-30-17-33-61-62(57)58-29-13-15-32-60(58)64(61)51-25-8-3-9-26-51/h1-42H. The van der Waals surface area contributed by atoms with Gasteiger partial charge in [0, 0.05) is 33.4 Å². The zero-order chi connectivity index (χ0) is 42.4. The Bertz CT molecular complexity index is 3600. The normalized spacial score (nSPS) is 11.4. The average Bonchev–Trinajstić information content (AvgIpc) is 3.72. The molecule has 0 radical (unpaired) electrons. The van der Waals surface area contributed by atoms with Crippen molar-refractivity contribution in [2.45, 2.75) is 0 Å². The Labute approximate surface area is 373 Å². The van der Waals surface area contributed by atoms with Crippen LogP contribution in [0, 0.1) is 0 Å². The first kappa shape index (κ1) is 37.3. The Balaban J connectivity index is 1.07. The molecule has 0 saturated carbocycles. The number of aromatic nitrogens is 1. The second kappa shape index (κ2) is 15.8. The highest BCUT2D eigenvalue weighted by Gasteiger charge is 2.21. The molecule has 0 N–H and O–H groups in total. The summed E-state index contributed by atoms with van der Waals surface area (Å²) in [6.45, 7) is 0. The van der Waals surface area contributed by atoms with Crippen molar-refractivity contribution in [2.24, 2.45) is 0 Å². The van der Waals surface area contributed by atoms with E-state index < -0.39 is 0 Å². The second-order valence-electron chi connectivity index (χ2n) is 16.5. The van der Waals surface area contributed by atoms with Crippen LogP contribution in [0.5, 0.6) is 0 Å². The van der Waals surface area contributed by atoms with E-state index in [9.17, 15) is 0 Å². The summed E-state index contributed by atoms with van der Waals surface area (Å²) in [7, 11) is 0. The van der Waals surface area contributed by atoms with Crippen LogP contribution in [0.4, 0.5) is 17.1 Å². The summed E-state index contributed by atoms with van der Waals surface area (Å²) < 4.78 is 2.39. The van der Waals surface area contributed by atoms with Crippen LogP contribution in [-0.4, -0.2) is 4.57 Å². The van der Waals surface area contributed by atoms with Gasteiger partial charge in [0.05, 0.1) is 16.7 Å². The largest absolute Gasteiger partial charge is 0.310 e. The zero-order valence-electron chi connectivity index (χ0n) is 35.1. The van der Waals surface area contributed by atoms with Gasteiger partial charge in [0.1, 0.15) is 0 Å². The highest BCUT2D eigenvalue weighted by Crippen LogP contribution is 2.46. The molecule has 11 aromatic carbocycles. The minimum atomic E-state index is 1.09. The predicted octanol–water partition coefficient (Wildman–Crippen LogP) is 17.2. The summed E-state index contributed by atoms with van der Waals surface area (Å²) in [6, 6.07) is 92.8. The van der Waals surface area contributed by atoms with Gasteiger partial charge in [-0.05, 0) is 127 Å². The van der Waals surface area contributed by atoms with Crippen LogP contribution >= 0.6 is 0 Å². The van der Waals surface area contributed by atoms with E-state index in [4.69, 9.17) is 0 Å². The SMILES string of the molecule is c1ccc(-c2cc(-c3ccccc3)cc(N(c3ccc4c(ccc5ccccc54)c3)c3ccccc3-c3cccc(-c4cccc5c4c4ccccc4n5-c4ccccc4)c3)c2)cc1. The number of rotatable bonds is 8. The lowest BCUT2D eigenvalue weighted by Gasteiger charge is -2.29. The van der Waals surface area contributed by atoms with E-state index in [0.717, 1.165) is 45.0 Å². The van der Waals surface area contributed by atoms with Gasteiger partial charge in [-0.15, -0.1) is 0 Å². The molecule has 0 amide bonds. The van der Waals surface area contributed by atoms with Crippen LogP contribution in [0.1, 0.15) is 0 Å². The number of hydrogen-bond donors (Lipinski definition) is 0. The van der Waals surface area contributed by atoms with E-state index in [-0.39, 0.29) is 0 Å². The summed E-state index contributed by atoms with van der Waals surface area (Å²) in [6.07, 6.45) is 0. The van der Waals surface area contributed by atoms with Crippen molar-refractivity contribution < 1.29 is 0 Å². The number of fused-ring (bicyclic) bond motifs is 6.